The van der Waals surface area contributed by atoms with Crippen LogP contribution in [0.2, 0.25) is 0 Å². The zero-order chi connectivity index (χ0) is 10.8. The van der Waals surface area contributed by atoms with Crippen LogP contribution in [0.4, 0.5) is 0 Å². The van der Waals surface area contributed by atoms with Crippen molar-refractivity contribution in [1.82, 2.24) is 9.78 Å². The Morgan fingerprint density at radius 1 is 1.33 bits per heavy atom. The third-order valence-corrected chi connectivity index (χ3v) is 2.54. The predicted octanol–water partition coefficient (Wildman–Crippen LogP) is 2.17. The van der Waals surface area contributed by atoms with Gasteiger partial charge >= 0.3 is 0 Å². The summed E-state index contributed by atoms with van der Waals surface area (Å²) in [6, 6.07) is 9.67. The largest absolute Gasteiger partial charge is 0.295 e. The van der Waals surface area contributed by atoms with Crippen LogP contribution in [0.1, 0.15) is 12.5 Å². The Morgan fingerprint density at radius 3 is 2.67 bits per heavy atom. The number of nitrogens with one attached hydrogen (secondary N) is 1. The molecule has 0 bridgehead atoms. The van der Waals surface area contributed by atoms with Gasteiger partial charge in [-0.1, -0.05) is 24.3 Å². The monoisotopic (exact) mass is 202 g/mol. The van der Waals surface area contributed by atoms with Crippen molar-refractivity contribution in [2.75, 3.05) is 0 Å². The Kier molecular flexibility index (Phi) is 2.46. The van der Waals surface area contributed by atoms with Gasteiger partial charge in [0.2, 0.25) is 0 Å². The number of aromatic amines is 1. The average Bonchev–Trinajstić information content (AvgIpc) is 2.60. The SMILES string of the molecule is CCn1[nH]c(-c2ccccc2C)cc1=O. The Labute approximate surface area is 88.4 Å². The van der Waals surface area contributed by atoms with E-state index in [-0.39, 0.29) is 5.56 Å². The van der Waals surface area contributed by atoms with Gasteiger partial charge in [-0.25, -0.2) is 0 Å². The summed E-state index contributed by atoms with van der Waals surface area (Å²) < 4.78 is 1.60. The molecule has 2 rings (SSSR count). The highest BCUT2D eigenvalue weighted by Crippen LogP contribution is 2.19. The highest BCUT2D eigenvalue weighted by atomic mass is 16.1. The van der Waals surface area contributed by atoms with Crippen molar-refractivity contribution in [3.63, 3.8) is 0 Å². The van der Waals surface area contributed by atoms with E-state index in [0.717, 1.165) is 11.3 Å². The minimum Gasteiger partial charge on any atom is -0.295 e. The van der Waals surface area contributed by atoms with Crippen LogP contribution in [-0.2, 0) is 6.54 Å². The van der Waals surface area contributed by atoms with Crippen LogP contribution in [0.3, 0.4) is 0 Å². The topological polar surface area (TPSA) is 37.8 Å². The molecule has 0 saturated carbocycles. The van der Waals surface area contributed by atoms with Crippen LogP contribution in [0.25, 0.3) is 11.3 Å². The predicted molar refractivity (Wildman–Crippen MR) is 60.9 cm³/mol. The fourth-order valence-electron chi connectivity index (χ4n) is 1.68. The van der Waals surface area contributed by atoms with Crippen molar-refractivity contribution in [1.29, 1.82) is 0 Å². The smallest absolute Gasteiger partial charge is 0.267 e. The van der Waals surface area contributed by atoms with Crippen molar-refractivity contribution in [3.05, 3.63) is 46.2 Å². The van der Waals surface area contributed by atoms with Gasteiger partial charge < -0.3 is 0 Å². The number of rotatable bonds is 2. The average molecular weight is 202 g/mol. The van der Waals surface area contributed by atoms with Gasteiger partial charge in [0.05, 0.1) is 5.69 Å². The molecular weight excluding hydrogens is 188 g/mol. The van der Waals surface area contributed by atoms with Crippen molar-refractivity contribution in [2.45, 2.75) is 20.4 Å². The van der Waals surface area contributed by atoms with E-state index < -0.39 is 0 Å². The molecule has 2 aromatic rings. The van der Waals surface area contributed by atoms with Crippen LogP contribution in [-0.4, -0.2) is 9.78 Å². The minimum absolute atomic E-state index is 0.0238. The molecular formula is C12H14N2O. The molecule has 1 aromatic heterocycles. The molecule has 0 fully saturated rings. The molecule has 3 nitrogen and oxygen atoms in total. The van der Waals surface area contributed by atoms with Crippen molar-refractivity contribution >= 4 is 0 Å². The lowest BCUT2D eigenvalue weighted by molar-refractivity contribution is 0.640. The maximum absolute atomic E-state index is 11.5. The van der Waals surface area contributed by atoms with Crippen LogP contribution in [0.5, 0.6) is 0 Å². The van der Waals surface area contributed by atoms with Gasteiger partial charge in [0.15, 0.2) is 0 Å². The van der Waals surface area contributed by atoms with Crippen LogP contribution < -0.4 is 5.56 Å². The van der Waals surface area contributed by atoms with Gasteiger partial charge in [0.1, 0.15) is 0 Å². The van der Waals surface area contributed by atoms with E-state index in [1.165, 1.54) is 5.56 Å². The van der Waals surface area contributed by atoms with E-state index in [4.69, 9.17) is 0 Å². The van der Waals surface area contributed by atoms with E-state index >= 15 is 0 Å². The number of aromatic nitrogens is 2. The highest BCUT2D eigenvalue weighted by Gasteiger charge is 2.05. The van der Waals surface area contributed by atoms with Crippen molar-refractivity contribution in [2.24, 2.45) is 0 Å². The van der Waals surface area contributed by atoms with E-state index in [1.54, 1.807) is 10.7 Å². The summed E-state index contributed by atoms with van der Waals surface area (Å²) in [4.78, 5) is 11.5. The van der Waals surface area contributed by atoms with E-state index in [1.807, 2.05) is 38.1 Å². The zero-order valence-electron chi connectivity index (χ0n) is 8.95. The molecule has 1 aromatic carbocycles. The van der Waals surface area contributed by atoms with Gasteiger partial charge in [-0.3, -0.25) is 14.6 Å². The molecule has 0 amide bonds. The molecule has 1 heterocycles. The summed E-state index contributed by atoms with van der Waals surface area (Å²) in [5.41, 5.74) is 3.17. The summed E-state index contributed by atoms with van der Waals surface area (Å²) in [6.45, 7) is 4.65. The fraction of sp³-hybridized carbons (Fsp3) is 0.250. The van der Waals surface area contributed by atoms with Crippen LogP contribution in [0.15, 0.2) is 35.1 Å². The number of hydrogen-bond donors (Lipinski definition) is 1. The summed E-state index contributed by atoms with van der Waals surface area (Å²) >= 11 is 0. The third kappa shape index (κ3) is 1.73. The first kappa shape index (κ1) is 9.77. The van der Waals surface area contributed by atoms with Gasteiger partial charge in [0, 0.05) is 18.2 Å². The molecule has 78 valence electrons. The molecule has 1 N–H and O–H groups in total. The normalized spacial score (nSPS) is 10.5. The summed E-state index contributed by atoms with van der Waals surface area (Å²) in [5, 5.41) is 3.09. The first-order chi connectivity index (χ1) is 7.22. The number of benzene rings is 1. The first-order valence-corrected chi connectivity index (χ1v) is 5.08. The molecule has 3 heteroatoms. The van der Waals surface area contributed by atoms with Crippen LogP contribution >= 0.6 is 0 Å². The highest BCUT2D eigenvalue weighted by molar-refractivity contribution is 5.62. The molecule has 15 heavy (non-hydrogen) atoms. The lowest BCUT2D eigenvalue weighted by atomic mass is 10.1. The van der Waals surface area contributed by atoms with E-state index in [0.29, 0.717) is 6.54 Å². The summed E-state index contributed by atoms with van der Waals surface area (Å²) in [6.07, 6.45) is 0. The van der Waals surface area contributed by atoms with Gasteiger partial charge in [-0.05, 0) is 19.4 Å². The van der Waals surface area contributed by atoms with Crippen molar-refractivity contribution < 1.29 is 0 Å². The van der Waals surface area contributed by atoms with Gasteiger partial charge in [-0.2, -0.15) is 0 Å². The summed E-state index contributed by atoms with van der Waals surface area (Å²) in [5.74, 6) is 0. The Morgan fingerprint density at radius 2 is 2.07 bits per heavy atom. The second-order valence-electron chi connectivity index (χ2n) is 3.57. The second kappa shape index (κ2) is 3.77. The number of aryl methyl sites for hydroxylation is 2. The van der Waals surface area contributed by atoms with Crippen molar-refractivity contribution in [3.8, 4) is 11.3 Å². The Balaban J connectivity index is 2.55. The molecule has 0 radical (unpaired) electrons. The molecule has 0 unspecified atom stereocenters. The third-order valence-electron chi connectivity index (χ3n) is 2.54. The molecule has 0 spiro atoms. The molecule has 0 aliphatic heterocycles. The number of hydrogen-bond acceptors (Lipinski definition) is 1. The fourth-order valence-corrected chi connectivity index (χ4v) is 1.68. The number of H-pyrrole nitrogens is 1. The van der Waals surface area contributed by atoms with E-state index in [9.17, 15) is 4.79 Å². The lowest BCUT2D eigenvalue weighted by Crippen LogP contribution is -2.13. The molecule has 0 atom stereocenters. The molecule has 0 saturated heterocycles. The number of nitrogens with zero attached hydrogens (tertiary/aromatic N) is 1. The molecule has 0 aliphatic rings. The van der Waals surface area contributed by atoms with E-state index in [2.05, 4.69) is 5.10 Å². The Bertz CT molecular complexity index is 522. The zero-order valence-corrected chi connectivity index (χ0v) is 8.95. The standard InChI is InChI=1S/C12H14N2O/c1-3-14-12(15)8-11(13-14)10-7-5-4-6-9(10)2/h4-8,13H,3H2,1-2H3. The maximum atomic E-state index is 11.5. The second-order valence-corrected chi connectivity index (χ2v) is 3.57. The Hall–Kier alpha value is -1.77. The van der Waals surface area contributed by atoms with Gasteiger partial charge in [0.25, 0.3) is 5.56 Å². The lowest BCUT2D eigenvalue weighted by Gasteiger charge is -2.02. The molecule has 0 aliphatic carbocycles. The summed E-state index contributed by atoms with van der Waals surface area (Å²) in [7, 11) is 0. The van der Waals surface area contributed by atoms with Gasteiger partial charge in [-0.15, -0.1) is 0 Å². The maximum Gasteiger partial charge on any atom is 0.267 e. The minimum atomic E-state index is 0.0238. The van der Waals surface area contributed by atoms with Crippen LogP contribution in [0, 0.1) is 6.92 Å². The first-order valence-electron chi connectivity index (χ1n) is 5.08. The quantitative estimate of drug-likeness (QED) is 0.796.